The zero-order valence-electron chi connectivity index (χ0n) is 23.7. The molecule has 0 spiro atoms. The smallest absolute Gasteiger partial charge is 0.290 e. The lowest BCUT2D eigenvalue weighted by atomic mass is 9.73. The van der Waals surface area contributed by atoms with Gasteiger partial charge in [-0.2, -0.15) is 0 Å². The maximum absolute atomic E-state index is 13.7. The van der Waals surface area contributed by atoms with E-state index in [-0.39, 0.29) is 39.3 Å². The third-order valence-corrected chi connectivity index (χ3v) is 5.82. The third kappa shape index (κ3) is 7.03. The topological polar surface area (TPSA) is 139 Å². The van der Waals surface area contributed by atoms with E-state index in [1.54, 1.807) is 20.8 Å². The van der Waals surface area contributed by atoms with E-state index in [0.29, 0.717) is 0 Å². The van der Waals surface area contributed by atoms with E-state index in [9.17, 15) is 28.8 Å². The largest absolute Gasteiger partial charge is 0.381 e. The van der Waals surface area contributed by atoms with Gasteiger partial charge in [0.1, 0.15) is 0 Å². The van der Waals surface area contributed by atoms with Gasteiger partial charge < -0.3 is 0 Å². The fourth-order valence-electron chi connectivity index (χ4n) is 3.71. The van der Waals surface area contributed by atoms with Crippen LogP contribution in [0.3, 0.4) is 0 Å². The molecule has 0 unspecified atom stereocenters. The molecule has 0 atom stereocenters. The molecule has 0 saturated carbocycles. The van der Waals surface area contributed by atoms with Crippen LogP contribution in [-0.2, 0) is 29.0 Å². The van der Waals surface area contributed by atoms with Crippen LogP contribution < -0.4 is 9.78 Å². The van der Waals surface area contributed by atoms with E-state index in [0.717, 1.165) is 6.08 Å². The monoisotopic (exact) mass is 572 g/mol. The number of hydrogen-bond acceptors (Lipinski definition) is 10. The molecule has 1 aliphatic rings. The van der Waals surface area contributed by atoms with E-state index in [1.807, 2.05) is 0 Å². The molecule has 10 heteroatoms. The van der Waals surface area contributed by atoms with Gasteiger partial charge in [0.2, 0.25) is 5.78 Å². The maximum Gasteiger partial charge on any atom is 0.381 e. The number of carbonyl (C=O) groups is 6. The van der Waals surface area contributed by atoms with Crippen molar-refractivity contribution < 1.29 is 48.3 Å². The number of allylic oxidation sites excluding steroid dienone is 4. The van der Waals surface area contributed by atoms with Crippen molar-refractivity contribution in [2.45, 2.75) is 34.6 Å². The first-order chi connectivity index (χ1) is 19.6. The average Bonchev–Trinajstić information content (AvgIpc) is 2.94. The highest BCUT2D eigenvalue weighted by molar-refractivity contribution is 6.45. The van der Waals surface area contributed by atoms with Crippen molar-refractivity contribution >= 4 is 35.1 Å². The number of ketones is 4. The number of carbonyl (C=O) groups excluding carboxylic acids is 6. The lowest BCUT2D eigenvalue weighted by molar-refractivity contribution is -0.208. The molecule has 0 aliphatic heterocycles. The van der Waals surface area contributed by atoms with Crippen molar-refractivity contribution in [1.29, 1.82) is 0 Å². The van der Waals surface area contributed by atoms with Gasteiger partial charge >= 0.3 is 11.9 Å². The minimum Gasteiger partial charge on any atom is -0.290 e. The SMILES string of the molecule is C=C(C)C(=O)OOc1ccc(C(=O)C2=CC(=O)C(C(C)(C)C)=C(C(=O)c3ccc(OOC(=O)C(=C)C)cc3)C2=O)cc1. The van der Waals surface area contributed by atoms with Crippen LogP contribution in [0.25, 0.3) is 0 Å². The van der Waals surface area contributed by atoms with Crippen LogP contribution in [0.1, 0.15) is 55.3 Å². The Balaban J connectivity index is 1.89. The van der Waals surface area contributed by atoms with Crippen molar-refractivity contribution in [3.8, 4) is 11.5 Å². The fourth-order valence-corrected chi connectivity index (χ4v) is 3.71. The van der Waals surface area contributed by atoms with Gasteiger partial charge in [-0.1, -0.05) is 33.9 Å². The summed E-state index contributed by atoms with van der Waals surface area (Å²) in [5, 5.41) is 0. The Morgan fingerprint density at radius 3 is 1.45 bits per heavy atom. The van der Waals surface area contributed by atoms with Gasteiger partial charge in [-0.3, -0.25) is 29.0 Å². The van der Waals surface area contributed by atoms with E-state index >= 15 is 0 Å². The van der Waals surface area contributed by atoms with Crippen molar-refractivity contribution in [3.63, 3.8) is 0 Å². The summed E-state index contributed by atoms with van der Waals surface area (Å²) in [6.45, 7) is 14.8. The van der Waals surface area contributed by atoms with Crippen LogP contribution in [0.15, 0.2) is 95.6 Å². The summed E-state index contributed by atoms with van der Waals surface area (Å²) >= 11 is 0. The molecule has 0 fully saturated rings. The molecule has 1 aliphatic carbocycles. The first-order valence-corrected chi connectivity index (χ1v) is 12.6. The predicted octanol–water partition coefficient (Wildman–Crippen LogP) is 5.00. The second-order valence-electron chi connectivity index (χ2n) is 10.4. The Morgan fingerprint density at radius 1 is 0.667 bits per heavy atom. The van der Waals surface area contributed by atoms with Crippen LogP contribution in [0.5, 0.6) is 11.5 Å². The summed E-state index contributed by atoms with van der Waals surface area (Å²) in [7, 11) is 0. The van der Waals surface area contributed by atoms with Crippen LogP contribution >= 0.6 is 0 Å². The minimum absolute atomic E-state index is 0.0257. The molecule has 0 saturated heterocycles. The average molecular weight is 573 g/mol. The molecule has 0 bridgehead atoms. The highest BCUT2D eigenvalue weighted by atomic mass is 17.2. The maximum atomic E-state index is 13.7. The van der Waals surface area contributed by atoms with E-state index in [1.165, 1.54) is 62.4 Å². The molecule has 0 amide bonds. The Labute approximate surface area is 241 Å². The second kappa shape index (κ2) is 12.4. The Morgan fingerprint density at radius 2 is 1.07 bits per heavy atom. The summed E-state index contributed by atoms with van der Waals surface area (Å²) in [5.41, 5.74) is -1.55. The van der Waals surface area contributed by atoms with Gasteiger partial charge in [0.05, 0.1) is 11.1 Å². The number of Topliss-reactive ketones (excluding diaryl/α,β-unsaturated/α-hetero) is 3. The highest BCUT2D eigenvalue weighted by Gasteiger charge is 2.40. The van der Waals surface area contributed by atoms with Crippen LogP contribution in [0.4, 0.5) is 0 Å². The Kier molecular flexibility index (Phi) is 9.21. The lowest BCUT2D eigenvalue weighted by Crippen LogP contribution is -2.33. The molecule has 0 aromatic heterocycles. The molecule has 2 aromatic carbocycles. The van der Waals surface area contributed by atoms with Crippen molar-refractivity contribution in [2.24, 2.45) is 5.41 Å². The molecule has 3 rings (SSSR count). The molecule has 0 N–H and O–H groups in total. The molecule has 42 heavy (non-hydrogen) atoms. The third-order valence-electron chi connectivity index (χ3n) is 5.82. The standard InChI is InChI=1S/C32H28O10/c1-17(2)30(37)41-39-21-12-8-19(9-13-21)27(34)23-16-24(33)26(32(5,6)7)25(29(23)36)28(35)20-10-14-22(15-11-20)40-42-31(38)18(3)4/h8-16H,1,3H2,2,4-7H3. The van der Waals surface area contributed by atoms with Crippen molar-refractivity contribution in [1.82, 2.24) is 0 Å². The van der Waals surface area contributed by atoms with Crippen LogP contribution in [0, 0.1) is 5.41 Å². The van der Waals surface area contributed by atoms with Gasteiger partial charge in [-0.25, -0.2) is 19.4 Å². The van der Waals surface area contributed by atoms with E-state index in [2.05, 4.69) is 22.9 Å². The van der Waals surface area contributed by atoms with Crippen molar-refractivity contribution in [2.75, 3.05) is 0 Å². The Hall–Kier alpha value is -5.38. The fraction of sp³-hybridized carbons (Fsp3) is 0.188. The molecular weight excluding hydrogens is 544 g/mol. The minimum atomic E-state index is -0.914. The number of hydrogen-bond donors (Lipinski definition) is 0. The van der Waals surface area contributed by atoms with Crippen molar-refractivity contribution in [3.05, 3.63) is 107 Å². The number of rotatable bonds is 10. The molecular formula is C32H28O10. The summed E-state index contributed by atoms with van der Waals surface area (Å²) in [6, 6.07) is 10.6. The van der Waals surface area contributed by atoms with Gasteiger partial charge in [0, 0.05) is 33.9 Å². The van der Waals surface area contributed by atoms with E-state index < -0.39 is 51.6 Å². The first-order valence-electron chi connectivity index (χ1n) is 12.6. The molecule has 216 valence electrons. The summed E-state index contributed by atoms with van der Waals surface area (Å²) in [6.07, 6.45) is 0.938. The first kappa shape index (κ1) is 31.2. The zero-order chi connectivity index (χ0) is 31.4. The molecule has 10 nitrogen and oxygen atoms in total. The highest BCUT2D eigenvalue weighted by Crippen LogP contribution is 2.36. The van der Waals surface area contributed by atoms with Crippen LogP contribution in [-0.4, -0.2) is 35.1 Å². The molecule has 0 heterocycles. The zero-order valence-corrected chi connectivity index (χ0v) is 23.7. The second-order valence-corrected chi connectivity index (χ2v) is 10.4. The van der Waals surface area contributed by atoms with Gasteiger partial charge in [0.15, 0.2) is 28.8 Å². The normalized spacial score (nSPS) is 13.1. The Bertz CT molecular complexity index is 1580. The lowest BCUT2D eigenvalue weighted by Gasteiger charge is -2.27. The quantitative estimate of drug-likeness (QED) is 0.0954. The van der Waals surface area contributed by atoms with Gasteiger partial charge in [-0.15, -0.1) is 0 Å². The summed E-state index contributed by atoms with van der Waals surface area (Å²) in [4.78, 5) is 96.0. The van der Waals surface area contributed by atoms with E-state index in [4.69, 9.17) is 9.78 Å². The van der Waals surface area contributed by atoms with Crippen LogP contribution in [0.2, 0.25) is 0 Å². The predicted molar refractivity (Wildman–Crippen MR) is 149 cm³/mol. The van der Waals surface area contributed by atoms with Gasteiger partial charge in [-0.05, 0) is 67.8 Å². The molecule has 0 radical (unpaired) electrons. The molecule has 2 aromatic rings. The van der Waals surface area contributed by atoms with Gasteiger partial charge in [0.25, 0.3) is 0 Å². The number of benzene rings is 2. The summed E-state index contributed by atoms with van der Waals surface area (Å²) < 4.78 is 0. The summed E-state index contributed by atoms with van der Waals surface area (Å²) in [5.74, 6) is -4.49.